The lowest BCUT2D eigenvalue weighted by Crippen LogP contribution is -2.41. The Bertz CT molecular complexity index is 686. The molecule has 0 spiro atoms. The molecule has 2 rings (SSSR count). The van der Waals surface area contributed by atoms with E-state index >= 15 is 0 Å². The number of aliphatic imine (C=N–C) groups is 1. The first-order valence-electron chi connectivity index (χ1n) is 10.9. The standard InChI is InChI=1S/C23H39N5O.HI/c1-18-10-6-7-14-28(18)15-9-13-25-22(24-5)26-17-19-11-8-12-20(16-19)21(29)27-23(2,3)4;/h8,11-12,16,18H,6-7,9-10,13-15,17H2,1-5H3,(H,27,29)(H2,24,25,26);1H. The largest absolute Gasteiger partial charge is 0.356 e. The van der Waals surface area contributed by atoms with Crippen LogP contribution in [0.4, 0.5) is 0 Å². The molecule has 170 valence electrons. The lowest BCUT2D eigenvalue weighted by molar-refractivity contribution is 0.0919. The third-order valence-corrected chi connectivity index (χ3v) is 5.22. The molecule has 1 heterocycles. The lowest BCUT2D eigenvalue weighted by atomic mass is 10.0. The molecule has 6 nitrogen and oxygen atoms in total. The Balaban J connectivity index is 0.00000450. The van der Waals surface area contributed by atoms with Gasteiger partial charge in [-0.15, -0.1) is 24.0 Å². The van der Waals surface area contributed by atoms with Crippen molar-refractivity contribution >= 4 is 35.8 Å². The fraction of sp³-hybridized carbons (Fsp3) is 0.652. The molecule has 30 heavy (non-hydrogen) atoms. The van der Waals surface area contributed by atoms with Gasteiger partial charge in [-0.2, -0.15) is 0 Å². The van der Waals surface area contributed by atoms with Crippen molar-refractivity contribution in [3.63, 3.8) is 0 Å². The molecule has 0 saturated carbocycles. The number of likely N-dealkylation sites (tertiary alicyclic amines) is 1. The fourth-order valence-electron chi connectivity index (χ4n) is 3.62. The lowest BCUT2D eigenvalue weighted by Gasteiger charge is -2.33. The molecule has 3 N–H and O–H groups in total. The summed E-state index contributed by atoms with van der Waals surface area (Å²) < 4.78 is 0. The van der Waals surface area contributed by atoms with E-state index in [9.17, 15) is 4.79 Å². The first-order valence-corrected chi connectivity index (χ1v) is 10.9. The highest BCUT2D eigenvalue weighted by Crippen LogP contribution is 2.16. The Morgan fingerprint density at radius 2 is 2.00 bits per heavy atom. The molecule has 1 saturated heterocycles. The molecule has 0 aromatic heterocycles. The number of amides is 1. The Morgan fingerprint density at radius 1 is 1.23 bits per heavy atom. The van der Waals surface area contributed by atoms with Crippen LogP contribution < -0.4 is 16.0 Å². The molecular formula is C23H40IN5O. The number of carbonyl (C=O) groups excluding carboxylic acids is 1. The number of rotatable bonds is 7. The van der Waals surface area contributed by atoms with Gasteiger partial charge >= 0.3 is 0 Å². The Morgan fingerprint density at radius 3 is 2.67 bits per heavy atom. The summed E-state index contributed by atoms with van der Waals surface area (Å²) in [6.45, 7) is 12.2. The number of hydrogen-bond acceptors (Lipinski definition) is 3. The minimum absolute atomic E-state index is 0. The van der Waals surface area contributed by atoms with Gasteiger partial charge in [-0.05, 0) is 71.2 Å². The molecule has 1 atom stereocenters. The van der Waals surface area contributed by atoms with Gasteiger partial charge in [-0.1, -0.05) is 18.6 Å². The van der Waals surface area contributed by atoms with Crippen molar-refractivity contribution in [1.29, 1.82) is 0 Å². The van der Waals surface area contributed by atoms with Crippen molar-refractivity contribution in [3.05, 3.63) is 35.4 Å². The molecule has 0 aliphatic carbocycles. The first-order chi connectivity index (χ1) is 13.8. The second-order valence-electron chi connectivity index (χ2n) is 8.99. The molecule has 0 bridgehead atoms. The van der Waals surface area contributed by atoms with E-state index in [-0.39, 0.29) is 35.4 Å². The van der Waals surface area contributed by atoms with E-state index in [1.165, 1.54) is 25.8 Å². The van der Waals surface area contributed by atoms with Crippen LogP contribution in [0.3, 0.4) is 0 Å². The van der Waals surface area contributed by atoms with Crippen molar-refractivity contribution in [1.82, 2.24) is 20.9 Å². The molecule has 1 unspecified atom stereocenters. The highest BCUT2D eigenvalue weighted by atomic mass is 127. The van der Waals surface area contributed by atoms with E-state index in [0.717, 1.165) is 31.0 Å². The zero-order valence-corrected chi connectivity index (χ0v) is 21.6. The van der Waals surface area contributed by atoms with Crippen LogP contribution in [0.2, 0.25) is 0 Å². The average Bonchev–Trinajstić information content (AvgIpc) is 2.67. The van der Waals surface area contributed by atoms with Crippen molar-refractivity contribution < 1.29 is 4.79 Å². The Kier molecular flexibility index (Phi) is 11.7. The molecule has 1 amide bonds. The van der Waals surface area contributed by atoms with Crippen LogP contribution in [0, 0.1) is 0 Å². The summed E-state index contributed by atoms with van der Waals surface area (Å²) in [5.41, 5.74) is 1.48. The van der Waals surface area contributed by atoms with Crippen molar-refractivity contribution in [3.8, 4) is 0 Å². The number of hydrogen-bond donors (Lipinski definition) is 3. The molecule has 1 aliphatic heterocycles. The number of nitrogens with zero attached hydrogens (tertiary/aromatic N) is 2. The number of carbonyl (C=O) groups is 1. The summed E-state index contributed by atoms with van der Waals surface area (Å²) in [7, 11) is 1.79. The zero-order valence-electron chi connectivity index (χ0n) is 19.3. The van der Waals surface area contributed by atoms with Gasteiger partial charge in [0, 0.05) is 43.8 Å². The zero-order chi connectivity index (χ0) is 21.3. The topological polar surface area (TPSA) is 68.8 Å². The molecular weight excluding hydrogens is 489 g/mol. The Hall–Kier alpha value is -1.35. The van der Waals surface area contributed by atoms with Crippen molar-refractivity contribution in [2.24, 2.45) is 4.99 Å². The third-order valence-electron chi connectivity index (χ3n) is 5.22. The van der Waals surface area contributed by atoms with Gasteiger partial charge in [0.05, 0.1) is 0 Å². The molecule has 7 heteroatoms. The van der Waals surface area contributed by atoms with E-state index in [1.54, 1.807) is 7.05 Å². The van der Waals surface area contributed by atoms with E-state index in [0.29, 0.717) is 18.2 Å². The number of guanidine groups is 1. The van der Waals surface area contributed by atoms with Crippen LogP contribution in [-0.2, 0) is 6.54 Å². The van der Waals surface area contributed by atoms with Gasteiger partial charge in [0.1, 0.15) is 0 Å². The summed E-state index contributed by atoms with van der Waals surface area (Å²) >= 11 is 0. The normalized spacial score (nSPS) is 17.8. The van der Waals surface area contributed by atoms with Crippen molar-refractivity contribution in [2.75, 3.05) is 26.7 Å². The van der Waals surface area contributed by atoms with Gasteiger partial charge in [0.2, 0.25) is 0 Å². The highest BCUT2D eigenvalue weighted by molar-refractivity contribution is 14.0. The Labute approximate surface area is 199 Å². The maximum Gasteiger partial charge on any atom is 0.251 e. The van der Waals surface area contributed by atoms with Crippen LogP contribution in [0.1, 0.15) is 69.3 Å². The summed E-state index contributed by atoms with van der Waals surface area (Å²) in [4.78, 5) is 19.3. The number of nitrogens with one attached hydrogen (secondary N) is 3. The predicted octanol–water partition coefficient (Wildman–Crippen LogP) is 3.76. The molecule has 1 aromatic rings. The second-order valence-corrected chi connectivity index (χ2v) is 8.99. The molecule has 0 radical (unpaired) electrons. The second kappa shape index (κ2) is 13.1. The number of piperidine rings is 1. The first kappa shape index (κ1) is 26.7. The van der Waals surface area contributed by atoms with Gasteiger partial charge in [0.15, 0.2) is 5.96 Å². The maximum absolute atomic E-state index is 12.4. The van der Waals surface area contributed by atoms with Gasteiger partial charge in [0.25, 0.3) is 5.91 Å². The summed E-state index contributed by atoms with van der Waals surface area (Å²) in [5.74, 6) is 0.745. The van der Waals surface area contributed by atoms with Gasteiger partial charge < -0.3 is 20.9 Å². The van der Waals surface area contributed by atoms with Gasteiger partial charge in [-0.25, -0.2) is 0 Å². The van der Waals surface area contributed by atoms with E-state index in [4.69, 9.17) is 0 Å². The van der Waals surface area contributed by atoms with Crippen LogP contribution >= 0.6 is 24.0 Å². The average molecular weight is 530 g/mol. The smallest absolute Gasteiger partial charge is 0.251 e. The van der Waals surface area contributed by atoms with Gasteiger partial charge in [-0.3, -0.25) is 9.79 Å². The fourth-order valence-corrected chi connectivity index (χ4v) is 3.62. The quantitative estimate of drug-likeness (QED) is 0.218. The van der Waals surface area contributed by atoms with Crippen LogP contribution in [0.5, 0.6) is 0 Å². The van der Waals surface area contributed by atoms with Crippen LogP contribution in [0.25, 0.3) is 0 Å². The predicted molar refractivity (Wildman–Crippen MR) is 137 cm³/mol. The summed E-state index contributed by atoms with van der Waals surface area (Å²) in [5, 5.41) is 9.74. The summed E-state index contributed by atoms with van der Waals surface area (Å²) in [6.07, 6.45) is 5.12. The highest BCUT2D eigenvalue weighted by Gasteiger charge is 2.17. The van der Waals surface area contributed by atoms with Crippen LogP contribution in [0.15, 0.2) is 29.3 Å². The van der Waals surface area contributed by atoms with Crippen molar-refractivity contribution in [2.45, 2.75) is 71.5 Å². The molecule has 1 aliphatic rings. The number of halogens is 1. The maximum atomic E-state index is 12.4. The number of benzene rings is 1. The van der Waals surface area contributed by atoms with Crippen LogP contribution in [-0.4, -0.2) is 55.0 Å². The molecule has 1 fully saturated rings. The molecule has 1 aromatic carbocycles. The third kappa shape index (κ3) is 9.64. The van der Waals surface area contributed by atoms with E-state index in [1.807, 2.05) is 45.0 Å². The minimum atomic E-state index is -0.247. The SMILES string of the molecule is CN=C(NCCCN1CCCCC1C)NCc1cccc(C(=O)NC(C)(C)C)c1.I. The van der Waals surface area contributed by atoms with E-state index < -0.39 is 0 Å². The minimum Gasteiger partial charge on any atom is -0.356 e. The van der Waals surface area contributed by atoms with E-state index in [2.05, 4.69) is 32.8 Å². The monoisotopic (exact) mass is 529 g/mol. The summed E-state index contributed by atoms with van der Waals surface area (Å²) in [6, 6.07) is 8.43.